The summed E-state index contributed by atoms with van der Waals surface area (Å²) in [7, 11) is 0. The Bertz CT molecular complexity index is 766. The van der Waals surface area contributed by atoms with Crippen LogP contribution in [0.4, 0.5) is 17.6 Å². The molecule has 2 fully saturated rings. The molecule has 2 aliphatic rings. The van der Waals surface area contributed by atoms with E-state index in [-0.39, 0.29) is 11.1 Å². The molecule has 0 aromatic heterocycles. The van der Waals surface area contributed by atoms with Crippen molar-refractivity contribution in [3.63, 3.8) is 0 Å². The molecule has 2 aromatic rings. The average molecular weight is 381 g/mol. The summed E-state index contributed by atoms with van der Waals surface area (Å²) >= 11 is 0. The van der Waals surface area contributed by atoms with Crippen LogP contribution in [-0.4, -0.2) is 23.7 Å². The van der Waals surface area contributed by atoms with Crippen LogP contribution >= 0.6 is 0 Å². The van der Waals surface area contributed by atoms with Gasteiger partial charge in [0.25, 0.3) is 12.9 Å². The number of hydrogen-bond acceptors (Lipinski definition) is 3. The number of nitrogens with zero attached hydrogens (tertiary/aromatic N) is 1. The topological polar surface area (TPSA) is 21.7 Å². The van der Waals surface area contributed by atoms with Crippen LogP contribution in [0.3, 0.4) is 0 Å². The van der Waals surface area contributed by atoms with Crippen molar-refractivity contribution in [1.29, 1.82) is 0 Å². The Hall–Kier alpha value is -1.96. The van der Waals surface area contributed by atoms with Gasteiger partial charge in [-0.15, -0.1) is 0 Å². The first-order valence-electron chi connectivity index (χ1n) is 8.67. The molecule has 144 valence electrons. The summed E-state index contributed by atoms with van der Waals surface area (Å²) in [6, 6.07) is 12.2. The van der Waals surface area contributed by atoms with Crippen LogP contribution in [-0.2, 0) is 9.47 Å². The molecule has 3 nitrogen and oxygen atoms in total. The first kappa shape index (κ1) is 18.4. The molecule has 0 radical (unpaired) electrons. The molecule has 2 aliphatic heterocycles. The fraction of sp³-hybridized carbons (Fsp3) is 0.400. The van der Waals surface area contributed by atoms with Gasteiger partial charge in [0.1, 0.15) is 12.5 Å². The standard InChI is InChI=1S/C20H19F4NO2/c1-20-10-26-18(14-6-2-4-12(8-14)16(21)22)25(20)19(27-11-20)15-7-3-5-13(9-15)17(23)24/h2-9,16-19H,10-11H2,1H3/t18-,19+,20?. The average Bonchev–Trinajstić information content (AvgIpc) is 3.16. The zero-order chi connectivity index (χ0) is 19.2. The Morgan fingerprint density at radius 3 is 1.70 bits per heavy atom. The molecule has 1 unspecified atom stereocenters. The summed E-state index contributed by atoms with van der Waals surface area (Å²) in [5, 5.41) is 0. The molecule has 0 amide bonds. The van der Waals surface area contributed by atoms with E-state index in [1.807, 2.05) is 11.8 Å². The van der Waals surface area contributed by atoms with E-state index in [1.165, 1.54) is 24.3 Å². The van der Waals surface area contributed by atoms with Crippen molar-refractivity contribution in [2.24, 2.45) is 0 Å². The van der Waals surface area contributed by atoms with Crippen LogP contribution in [0, 0.1) is 0 Å². The third-order valence-electron chi connectivity index (χ3n) is 5.13. The molecule has 7 heteroatoms. The summed E-state index contributed by atoms with van der Waals surface area (Å²) in [6.45, 7) is 2.68. The molecule has 3 atom stereocenters. The van der Waals surface area contributed by atoms with Crippen LogP contribution in [0.15, 0.2) is 48.5 Å². The number of ether oxygens (including phenoxy) is 2. The van der Waals surface area contributed by atoms with Crippen molar-refractivity contribution < 1.29 is 27.0 Å². The highest BCUT2D eigenvalue weighted by atomic mass is 19.3. The van der Waals surface area contributed by atoms with Gasteiger partial charge >= 0.3 is 0 Å². The molecule has 0 saturated carbocycles. The molecule has 0 spiro atoms. The highest BCUT2D eigenvalue weighted by molar-refractivity contribution is 5.30. The van der Waals surface area contributed by atoms with Gasteiger partial charge in [-0.2, -0.15) is 0 Å². The number of rotatable bonds is 4. The molecule has 2 aromatic carbocycles. The number of fused-ring (bicyclic) bond motifs is 1. The number of benzene rings is 2. The van der Waals surface area contributed by atoms with Crippen molar-refractivity contribution in [2.45, 2.75) is 37.8 Å². The number of halogens is 4. The second-order valence-corrected chi connectivity index (χ2v) is 7.17. The van der Waals surface area contributed by atoms with Gasteiger partial charge < -0.3 is 9.47 Å². The minimum atomic E-state index is -2.58. The summed E-state index contributed by atoms with van der Waals surface area (Å²) in [6.07, 6.45) is -6.33. The van der Waals surface area contributed by atoms with Gasteiger partial charge in [-0.05, 0) is 30.2 Å². The van der Waals surface area contributed by atoms with Crippen molar-refractivity contribution in [2.75, 3.05) is 13.2 Å². The zero-order valence-electron chi connectivity index (χ0n) is 14.6. The van der Waals surface area contributed by atoms with Crippen molar-refractivity contribution >= 4 is 0 Å². The molecule has 0 aliphatic carbocycles. The maximum Gasteiger partial charge on any atom is 0.263 e. The molecule has 27 heavy (non-hydrogen) atoms. The fourth-order valence-corrected chi connectivity index (χ4v) is 3.77. The van der Waals surface area contributed by atoms with Gasteiger partial charge in [-0.1, -0.05) is 36.4 Å². The van der Waals surface area contributed by atoms with E-state index in [2.05, 4.69) is 0 Å². The highest BCUT2D eigenvalue weighted by Crippen LogP contribution is 2.49. The number of alkyl halides is 4. The van der Waals surface area contributed by atoms with Gasteiger partial charge in [-0.3, -0.25) is 0 Å². The quantitative estimate of drug-likeness (QED) is 0.664. The maximum absolute atomic E-state index is 13.1. The Balaban J connectivity index is 1.70. The smallest absolute Gasteiger partial charge is 0.263 e. The molecule has 2 heterocycles. The molecule has 2 saturated heterocycles. The van der Waals surface area contributed by atoms with Crippen molar-refractivity contribution in [3.05, 3.63) is 70.8 Å². The lowest BCUT2D eigenvalue weighted by Gasteiger charge is -2.32. The SMILES string of the molecule is CC12CO[C@H](c3cccc(C(F)F)c3)N1[C@H](c1cccc(C(F)F)c1)OC2. The predicted octanol–water partition coefficient (Wildman–Crippen LogP) is 5.38. The first-order chi connectivity index (χ1) is 12.9. The van der Waals surface area contributed by atoms with Crippen molar-refractivity contribution in [1.82, 2.24) is 4.90 Å². The fourth-order valence-electron chi connectivity index (χ4n) is 3.77. The number of hydrogen-bond donors (Lipinski definition) is 0. The minimum Gasteiger partial charge on any atom is -0.357 e. The minimum absolute atomic E-state index is 0.0823. The van der Waals surface area contributed by atoms with E-state index in [0.29, 0.717) is 24.3 Å². The molecular weight excluding hydrogens is 362 g/mol. The Labute approximate surface area is 154 Å². The second-order valence-electron chi connectivity index (χ2n) is 7.17. The summed E-state index contributed by atoms with van der Waals surface area (Å²) in [4.78, 5) is 1.95. The van der Waals surface area contributed by atoms with Crippen LogP contribution < -0.4 is 0 Å². The summed E-state index contributed by atoms with van der Waals surface area (Å²) < 4.78 is 64.2. The first-order valence-corrected chi connectivity index (χ1v) is 8.67. The third-order valence-corrected chi connectivity index (χ3v) is 5.13. The Morgan fingerprint density at radius 2 is 1.30 bits per heavy atom. The molecule has 0 bridgehead atoms. The molecule has 4 rings (SSSR count). The lowest BCUT2D eigenvalue weighted by molar-refractivity contribution is -0.0618. The predicted molar refractivity (Wildman–Crippen MR) is 90.4 cm³/mol. The second kappa shape index (κ2) is 6.89. The van der Waals surface area contributed by atoms with Gasteiger partial charge in [0.05, 0.1) is 18.8 Å². The van der Waals surface area contributed by atoms with E-state index in [4.69, 9.17) is 9.47 Å². The Morgan fingerprint density at radius 1 is 0.852 bits per heavy atom. The monoisotopic (exact) mass is 381 g/mol. The maximum atomic E-state index is 13.1. The summed E-state index contributed by atoms with van der Waals surface area (Å²) in [5.74, 6) is 0. The van der Waals surface area contributed by atoms with Crippen molar-refractivity contribution in [3.8, 4) is 0 Å². The van der Waals surface area contributed by atoms with Crippen LogP contribution in [0.2, 0.25) is 0 Å². The van der Waals surface area contributed by atoms with Gasteiger partial charge in [0, 0.05) is 11.1 Å². The lowest BCUT2D eigenvalue weighted by atomic mass is 10.0. The van der Waals surface area contributed by atoms with E-state index in [1.54, 1.807) is 24.3 Å². The van der Waals surface area contributed by atoms with Gasteiger partial charge in [0.15, 0.2) is 0 Å². The van der Waals surface area contributed by atoms with Crippen LogP contribution in [0.5, 0.6) is 0 Å². The zero-order valence-corrected chi connectivity index (χ0v) is 14.6. The van der Waals surface area contributed by atoms with E-state index >= 15 is 0 Å². The molecule has 0 N–H and O–H groups in total. The van der Waals surface area contributed by atoms with E-state index in [9.17, 15) is 17.6 Å². The third kappa shape index (κ3) is 3.24. The van der Waals surface area contributed by atoms with E-state index < -0.39 is 30.8 Å². The van der Waals surface area contributed by atoms with Crippen LogP contribution in [0.1, 0.15) is 54.5 Å². The van der Waals surface area contributed by atoms with Gasteiger partial charge in [-0.25, -0.2) is 22.5 Å². The molecular formula is C20H19F4NO2. The lowest BCUT2D eigenvalue weighted by Crippen LogP contribution is -2.41. The highest BCUT2D eigenvalue weighted by Gasteiger charge is 2.54. The normalized spacial score (nSPS) is 28.3. The Kier molecular flexibility index (Phi) is 4.70. The van der Waals surface area contributed by atoms with E-state index in [0.717, 1.165) is 0 Å². The summed E-state index contributed by atoms with van der Waals surface area (Å²) in [5.41, 5.74) is 0.563. The largest absolute Gasteiger partial charge is 0.357 e. The van der Waals surface area contributed by atoms with Crippen LogP contribution in [0.25, 0.3) is 0 Å². The van der Waals surface area contributed by atoms with Gasteiger partial charge in [0.2, 0.25) is 0 Å².